The number of nitrogens with one attached hydrogen (secondary N) is 3. The van der Waals surface area contributed by atoms with Crippen LogP contribution in [0.2, 0.25) is 0 Å². The van der Waals surface area contributed by atoms with Crippen molar-refractivity contribution in [2.75, 3.05) is 18.4 Å². The highest BCUT2D eigenvalue weighted by atomic mass is 19.1. The summed E-state index contributed by atoms with van der Waals surface area (Å²) in [5.74, 6) is -1.41. The Hall–Kier alpha value is -1.95. The van der Waals surface area contributed by atoms with Crippen LogP contribution in [0, 0.1) is 5.82 Å². The molecule has 2 aliphatic rings. The lowest BCUT2D eigenvalue weighted by Crippen LogP contribution is -2.40. The molecule has 0 bridgehead atoms. The maximum atomic E-state index is 13.3. The molecule has 3 rings (SSSR count). The summed E-state index contributed by atoms with van der Waals surface area (Å²) < 4.78 is 13.3. The fourth-order valence-electron chi connectivity index (χ4n) is 3.74. The molecular weight excluding hydrogens is 321 g/mol. The first kappa shape index (κ1) is 17.9. The topological polar surface area (TPSA) is 70.2 Å². The maximum absolute atomic E-state index is 13.3. The fourth-order valence-corrected chi connectivity index (χ4v) is 3.74. The van der Waals surface area contributed by atoms with Gasteiger partial charge in [-0.15, -0.1) is 0 Å². The summed E-state index contributed by atoms with van der Waals surface area (Å²) in [5, 5.41) is 9.05. The second kappa shape index (κ2) is 8.43. The van der Waals surface area contributed by atoms with E-state index in [1.807, 2.05) is 0 Å². The van der Waals surface area contributed by atoms with Gasteiger partial charge in [0.2, 0.25) is 11.8 Å². The number of halogens is 1. The summed E-state index contributed by atoms with van der Waals surface area (Å²) in [6, 6.07) is 4.71. The molecule has 1 unspecified atom stereocenters. The molecule has 0 saturated heterocycles. The Morgan fingerprint density at radius 3 is 2.68 bits per heavy atom. The van der Waals surface area contributed by atoms with E-state index >= 15 is 0 Å². The van der Waals surface area contributed by atoms with E-state index in [0.29, 0.717) is 23.8 Å². The summed E-state index contributed by atoms with van der Waals surface area (Å²) in [7, 11) is 0. The summed E-state index contributed by atoms with van der Waals surface area (Å²) >= 11 is 0. The third-order valence-corrected chi connectivity index (χ3v) is 5.08. The molecular formula is C19H26FN3O2. The van der Waals surface area contributed by atoms with Gasteiger partial charge in [-0.25, -0.2) is 4.39 Å². The number of hydrogen-bond acceptors (Lipinski definition) is 3. The second-order valence-corrected chi connectivity index (χ2v) is 6.97. The first-order valence-corrected chi connectivity index (χ1v) is 9.24. The van der Waals surface area contributed by atoms with Crippen molar-refractivity contribution in [1.82, 2.24) is 10.6 Å². The lowest BCUT2D eigenvalue weighted by molar-refractivity contribution is -0.126. The number of carbonyl (C=O) groups excluding carboxylic acids is 2. The van der Waals surface area contributed by atoms with Crippen LogP contribution >= 0.6 is 0 Å². The van der Waals surface area contributed by atoms with Gasteiger partial charge in [-0.3, -0.25) is 9.59 Å². The molecule has 1 aliphatic heterocycles. The second-order valence-electron chi connectivity index (χ2n) is 6.97. The van der Waals surface area contributed by atoms with Crippen LogP contribution in [0.25, 0.3) is 0 Å². The van der Waals surface area contributed by atoms with Gasteiger partial charge in [-0.05, 0) is 30.5 Å². The molecule has 5 nitrogen and oxygen atoms in total. The van der Waals surface area contributed by atoms with E-state index in [4.69, 9.17) is 0 Å². The summed E-state index contributed by atoms with van der Waals surface area (Å²) in [5.41, 5.74) is 1.07. The minimum atomic E-state index is -0.553. The number of fused-ring (bicyclic) bond motifs is 1. The summed E-state index contributed by atoms with van der Waals surface area (Å²) in [4.78, 5) is 24.3. The zero-order valence-electron chi connectivity index (χ0n) is 14.4. The predicted octanol–water partition coefficient (Wildman–Crippen LogP) is 2.68. The number of amides is 2. The van der Waals surface area contributed by atoms with Gasteiger partial charge < -0.3 is 16.0 Å². The van der Waals surface area contributed by atoms with Gasteiger partial charge in [0.15, 0.2) is 0 Å². The molecule has 1 saturated carbocycles. The third-order valence-electron chi connectivity index (χ3n) is 5.08. The molecule has 1 fully saturated rings. The van der Waals surface area contributed by atoms with Crippen molar-refractivity contribution in [3.63, 3.8) is 0 Å². The minimum Gasteiger partial charge on any atom is -0.354 e. The molecule has 1 heterocycles. The van der Waals surface area contributed by atoms with Crippen molar-refractivity contribution < 1.29 is 14.0 Å². The van der Waals surface area contributed by atoms with Gasteiger partial charge in [0.25, 0.3) is 0 Å². The van der Waals surface area contributed by atoms with Gasteiger partial charge in [0.05, 0.1) is 5.92 Å². The summed E-state index contributed by atoms with van der Waals surface area (Å²) in [6.07, 6.45) is 7.69. The van der Waals surface area contributed by atoms with Crippen LogP contribution in [-0.4, -0.2) is 30.9 Å². The SMILES string of the molecule is O=C1CC(C(=O)NCCNC2CCCCCC2)c2ccc(F)cc2N1. The average molecular weight is 347 g/mol. The summed E-state index contributed by atoms with van der Waals surface area (Å²) in [6.45, 7) is 1.26. The highest BCUT2D eigenvalue weighted by Crippen LogP contribution is 2.32. The van der Waals surface area contributed by atoms with Crippen molar-refractivity contribution in [2.24, 2.45) is 0 Å². The molecule has 2 amide bonds. The van der Waals surface area contributed by atoms with Crippen LogP contribution in [0.5, 0.6) is 0 Å². The Morgan fingerprint density at radius 1 is 1.16 bits per heavy atom. The maximum Gasteiger partial charge on any atom is 0.228 e. The lowest BCUT2D eigenvalue weighted by atomic mass is 9.89. The van der Waals surface area contributed by atoms with Crippen LogP contribution in [0.4, 0.5) is 10.1 Å². The Morgan fingerprint density at radius 2 is 1.92 bits per heavy atom. The Bertz CT molecular complexity index is 627. The predicted molar refractivity (Wildman–Crippen MR) is 94.9 cm³/mol. The number of anilines is 1. The molecule has 3 N–H and O–H groups in total. The van der Waals surface area contributed by atoms with Crippen molar-refractivity contribution in [1.29, 1.82) is 0 Å². The van der Waals surface area contributed by atoms with E-state index < -0.39 is 11.7 Å². The molecule has 0 aromatic heterocycles. The van der Waals surface area contributed by atoms with E-state index in [-0.39, 0.29) is 18.2 Å². The number of hydrogen-bond donors (Lipinski definition) is 3. The lowest BCUT2D eigenvalue weighted by Gasteiger charge is -2.25. The van der Waals surface area contributed by atoms with E-state index in [9.17, 15) is 14.0 Å². The molecule has 1 atom stereocenters. The first-order chi connectivity index (χ1) is 12.1. The van der Waals surface area contributed by atoms with Gasteiger partial charge in [-0.1, -0.05) is 31.7 Å². The highest BCUT2D eigenvalue weighted by molar-refractivity contribution is 6.01. The van der Waals surface area contributed by atoms with Crippen LogP contribution in [0.1, 0.15) is 56.4 Å². The number of carbonyl (C=O) groups is 2. The number of benzene rings is 1. The van der Waals surface area contributed by atoms with Crippen LogP contribution in [-0.2, 0) is 9.59 Å². The zero-order valence-corrected chi connectivity index (χ0v) is 14.4. The highest BCUT2D eigenvalue weighted by Gasteiger charge is 2.30. The monoisotopic (exact) mass is 347 g/mol. The van der Waals surface area contributed by atoms with Crippen molar-refractivity contribution >= 4 is 17.5 Å². The van der Waals surface area contributed by atoms with Gasteiger partial charge in [-0.2, -0.15) is 0 Å². The quantitative estimate of drug-likeness (QED) is 0.566. The molecule has 1 aromatic rings. The average Bonchev–Trinajstić information content (AvgIpc) is 2.86. The molecule has 1 aliphatic carbocycles. The standard InChI is InChI=1S/C19H26FN3O2/c20-13-7-8-15-16(12-18(24)23-17(15)11-13)19(25)22-10-9-21-14-5-3-1-2-4-6-14/h7-8,11,14,16,21H,1-6,9-10,12H2,(H,22,25)(H,23,24). The van der Waals surface area contributed by atoms with E-state index in [1.165, 1.54) is 50.7 Å². The van der Waals surface area contributed by atoms with Gasteiger partial charge in [0, 0.05) is 31.2 Å². The van der Waals surface area contributed by atoms with Crippen LogP contribution in [0.15, 0.2) is 18.2 Å². The Balaban J connectivity index is 1.50. The van der Waals surface area contributed by atoms with Gasteiger partial charge >= 0.3 is 0 Å². The van der Waals surface area contributed by atoms with Crippen molar-refractivity contribution in [3.05, 3.63) is 29.6 Å². The van der Waals surface area contributed by atoms with Crippen LogP contribution < -0.4 is 16.0 Å². The smallest absolute Gasteiger partial charge is 0.228 e. The molecule has 136 valence electrons. The van der Waals surface area contributed by atoms with E-state index in [0.717, 1.165) is 6.54 Å². The molecule has 6 heteroatoms. The van der Waals surface area contributed by atoms with Gasteiger partial charge in [0.1, 0.15) is 5.82 Å². The largest absolute Gasteiger partial charge is 0.354 e. The number of rotatable bonds is 5. The molecule has 0 radical (unpaired) electrons. The molecule has 25 heavy (non-hydrogen) atoms. The first-order valence-electron chi connectivity index (χ1n) is 9.24. The van der Waals surface area contributed by atoms with E-state index in [2.05, 4.69) is 16.0 Å². The Kier molecular flexibility index (Phi) is 6.02. The fraction of sp³-hybridized carbons (Fsp3) is 0.579. The van der Waals surface area contributed by atoms with Crippen LogP contribution in [0.3, 0.4) is 0 Å². The van der Waals surface area contributed by atoms with Crippen molar-refractivity contribution in [3.8, 4) is 0 Å². The minimum absolute atomic E-state index is 0.0977. The molecule has 1 aromatic carbocycles. The van der Waals surface area contributed by atoms with Crippen molar-refractivity contribution in [2.45, 2.75) is 56.9 Å². The normalized spacial score (nSPS) is 21.2. The zero-order chi connectivity index (χ0) is 17.6. The van der Waals surface area contributed by atoms with E-state index in [1.54, 1.807) is 6.07 Å². The Labute approximate surface area is 147 Å². The molecule has 0 spiro atoms. The third kappa shape index (κ3) is 4.78.